The Balaban J connectivity index is 1.98. The number of ether oxygens (including phenoxy) is 2. The molecule has 0 amide bonds. The Morgan fingerprint density at radius 1 is 1.23 bits per heavy atom. The van der Waals surface area contributed by atoms with Gasteiger partial charge in [-0.3, -0.25) is 4.72 Å². The van der Waals surface area contributed by atoms with Gasteiger partial charge in [0.1, 0.15) is 5.69 Å². The van der Waals surface area contributed by atoms with Crippen molar-refractivity contribution in [1.29, 1.82) is 0 Å². The van der Waals surface area contributed by atoms with E-state index in [2.05, 4.69) is 14.6 Å². The first kappa shape index (κ1) is 18.3. The molecule has 9 heteroatoms. The van der Waals surface area contributed by atoms with E-state index in [1.165, 1.54) is 7.11 Å². The summed E-state index contributed by atoms with van der Waals surface area (Å²) in [5, 5.41) is 0. The number of nitrogens with one attached hydrogen (secondary N) is 2. The summed E-state index contributed by atoms with van der Waals surface area (Å²) in [5.41, 5.74) is 3.34. The predicted molar refractivity (Wildman–Crippen MR) is 99.1 cm³/mol. The van der Waals surface area contributed by atoms with E-state index in [1.807, 2.05) is 12.1 Å². The van der Waals surface area contributed by atoms with Gasteiger partial charge < -0.3 is 19.4 Å². The third-order valence-electron chi connectivity index (χ3n) is 4.07. The molecular weight excluding hydrogens is 358 g/mol. The third kappa shape index (κ3) is 4.00. The van der Waals surface area contributed by atoms with Crippen molar-refractivity contribution in [3.05, 3.63) is 36.2 Å². The van der Waals surface area contributed by atoms with Crippen molar-refractivity contribution < 1.29 is 22.7 Å². The molecule has 0 aliphatic carbocycles. The number of H-pyrrole nitrogens is 1. The summed E-state index contributed by atoms with van der Waals surface area (Å²) >= 11 is 0. The van der Waals surface area contributed by atoms with Crippen LogP contribution in [-0.4, -0.2) is 59.0 Å². The number of methoxy groups -OCH3 is 1. The highest BCUT2D eigenvalue weighted by Crippen LogP contribution is 2.35. The number of rotatable bonds is 5. The number of esters is 1. The van der Waals surface area contributed by atoms with Gasteiger partial charge in [0.05, 0.1) is 32.3 Å². The zero-order valence-corrected chi connectivity index (χ0v) is 15.4. The van der Waals surface area contributed by atoms with Crippen LogP contribution >= 0.6 is 0 Å². The van der Waals surface area contributed by atoms with E-state index in [-0.39, 0.29) is 0 Å². The molecule has 26 heavy (non-hydrogen) atoms. The molecule has 0 unspecified atom stereocenters. The van der Waals surface area contributed by atoms with E-state index < -0.39 is 16.0 Å². The van der Waals surface area contributed by atoms with Crippen LogP contribution < -0.4 is 9.62 Å². The molecule has 1 saturated heterocycles. The molecule has 2 aromatic rings. The van der Waals surface area contributed by atoms with E-state index in [0.717, 1.165) is 23.1 Å². The SMILES string of the molecule is COC(=O)c1[nH]cc(-c2ccc(NS(C)(=O)=O)cc2)c1N1CCOCC1. The molecule has 0 saturated carbocycles. The van der Waals surface area contributed by atoms with E-state index >= 15 is 0 Å². The molecule has 1 fully saturated rings. The fraction of sp³-hybridized carbons (Fsp3) is 0.353. The first-order chi connectivity index (χ1) is 12.4. The minimum absolute atomic E-state index is 0.391. The second kappa shape index (κ2) is 7.38. The van der Waals surface area contributed by atoms with Gasteiger partial charge in [0, 0.05) is 30.5 Å². The van der Waals surface area contributed by atoms with Crippen molar-refractivity contribution in [2.75, 3.05) is 49.3 Å². The van der Waals surface area contributed by atoms with Gasteiger partial charge in [0.25, 0.3) is 0 Å². The van der Waals surface area contributed by atoms with Crippen LogP contribution in [0.4, 0.5) is 11.4 Å². The van der Waals surface area contributed by atoms with Gasteiger partial charge in [0.2, 0.25) is 10.0 Å². The molecule has 1 aromatic carbocycles. The second-order valence-electron chi connectivity index (χ2n) is 5.97. The molecule has 1 aliphatic heterocycles. The van der Waals surface area contributed by atoms with Crippen LogP contribution in [0.3, 0.4) is 0 Å². The topological polar surface area (TPSA) is 101 Å². The number of carbonyl (C=O) groups is 1. The first-order valence-corrected chi connectivity index (χ1v) is 9.99. The minimum atomic E-state index is -3.33. The quantitative estimate of drug-likeness (QED) is 0.767. The van der Waals surface area contributed by atoms with Gasteiger partial charge >= 0.3 is 5.97 Å². The summed E-state index contributed by atoms with van der Waals surface area (Å²) in [6.07, 6.45) is 2.86. The van der Waals surface area contributed by atoms with Crippen molar-refractivity contribution in [3.63, 3.8) is 0 Å². The number of hydrogen-bond acceptors (Lipinski definition) is 6. The average Bonchev–Trinajstić information content (AvgIpc) is 3.06. The monoisotopic (exact) mass is 379 g/mol. The van der Waals surface area contributed by atoms with E-state index in [9.17, 15) is 13.2 Å². The van der Waals surface area contributed by atoms with Crippen molar-refractivity contribution in [3.8, 4) is 11.1 Å². The lowest BCUT2D eigenvalue weighted by Gasteiger charge is -2.30. The van der Waals surface area contributed by atoms with Crippen LogP contribution in [0.15, 0.2) is 30.5 Å². The summed E-state index contributed by atoms with van der Waals surface area (Å²) in [5.74, 6) is -0.437. The number of sulfonamides is 1. The molecule has 1 aliphatic rings. The van der Waals surface area contributed by atoms with Crippen LogP contribution in [0.5, 0.6) is 0 Å². The number of carbonyl (C=O) groups excluding carboxylic acids is 1. The Labute approximate surface area is 152 Å². The Morgan fingerprint density at radius 2 is 1.88 bits per heavy atom. The Kier molecular flexibility index (Phi) is 5.19. The number of nitrogens with zero attached hydrogens (tertiary/aromatic N) is 1. The van der Waals surface area contributed by atoms with E-state index in [0.29, 0.717) is 37.7 Å². The molecule has 0 atom stereocenters. The smallest absolute Gasteiger partial charge is 0.356 e. The first-order valence-electron chi connectivity index (χ1n) is 8.09. The largest absolute Gasteiger partial charge is 0.464 e. The Bertz CT molecular complexity index is 884. The zero-order chi connectivity index (χ0) is 18.7. The van der Waals surface area contributed by atoms with Gasteiger partial charge in [-0.15, -0.1) is 0 Å². The molecular formula is C17H21N3O5S. The van der Waals surface area contributed by atoms with Crippen LogP contribution in [-0.2, 0) is 19.5 Å². The normalized spacial score (nSPS) is 14.9. The molecule has 3 rings (SSSR count). The fourth-order valence-corrected chi connectivity index (χ4v) is 3.50. The molecule has 0 bridgehead atoms. The second-order valence-corrected chi connectivity index (χ2v) is 7.72. The summed E-state index contributed by atoms with van der Waals surface area (Å²) < 4.78 is 35.4. The lowest BCUT2D eigenvalue weighted by atomic mass is 10.1. The van der Waals surface area contributed by atoms with Crippen LogP contribution in [0.2, 0.25) is 0 Å². The molecule has 2 N–H and O–H groups in total. The zero-order valence-electron chi connectivity index (χ0n) is 14.6. The Hall–Kier alpha value is -2.52. The van der Waals surface area contributed by atoms with Crippen molar-refractivity contribution in [2.45, 2.75) is 0 Å². The van der Waals surface area contributed by atoms with Crippen molar-refractivity contribution in [2.24, 2.45) is 0 Å². The van der Waals surface area contributed by atoms with Crippen molar-refractivity contribution >= 4 is 27.4 Å². The molecule has 8 nitrogen and oxygen atoms in total. The molecule has 1 aromatic heterocycles. The Morgan fingerprint density at radius 3 is 2.46 bits per heavy atom. The van der Waals surface area contributed by atoms with Crippen molar-refractivity contribution in [1.82, 2.24) is 4.98 Å². The lowest BCUT2D eigenvalue weighted by Crippen LogP contribution is -2.37. The number of morpholine rings is 1. The third-order valence-corrected chi connectivity index (χ3v) is 4.68. The summed E-state index contributed by atoms with van der Waals surface area (Å²) in [7, 11) is -1.99. The number of aromatic amines is 1. The number of benzene rings is 1. The molecule has 0 radical (unpaired) electrons. The molecule has 0 spiro atoms. The highest BCUT2D eigenvalue weighted by Gasteiger charge is 2.25. The van der Waals surface area contributed by atoms with E-state index in [1.54, 1.807) is 18.3 Å². The maximum absolute atomic E-state index is 12.1. The number of anilines is 2. The fourth-order valence-electron chi connectivity index (χ4n) is 2.94. The van der Waals surface area contributed by atoms with Crippen LogP contribution in [0, 0.1) is 0 Å². The minimum Gasteiger partial charge on any atom is -0.464 e. The number of aromatic nitrogens is 1. The predicted octanol–water partition coefficient (Wildman–Crippen LogP) is 1.68. The molecule has 2 heterocycles. The van der Waals surface area contributed by atoms with Gasteiger partial charge in [-0.05, 0) is 17.7 Å². The van der Waals surface area contributed by atoms with Crippen LogP contribution in [0.1, 0.15) is 10.5 Å². The van der Waals surface area contributed by atoms with Gasteiger partial charge in [-0.25, -0.2) is 13.2 Å². The highest BCUT2D eigenvalue weighted by atomic mass is 32.2. The van der Waals surface area contributed by atoms with Gasteiger partial charge in [-0.1, -0.05) is 12.1 Å². The van der Waals surface area contributed by atoms with Gasteiger partial charge in [0.15, 0.2) is 0 Å². The van der Waals surface area contributed by atoms with Crippen LogP contribution in [0.25, 0.3) is 11.1 Å². The summed E-state index contributed by atoms with van der Waals surface area (Å²) in [6, 6.07) is 6.98. The summed E-state index contributed by atoms with van der Waals surface area (Å²) in [4.78, 5) is 17.2. The maximum atomic E-state index is 12.1. The average molecular weight is 379 g/mol. The standard InChI is InChI=1S/C17H21N3O5S/c1-24-17(21)15-16(20-7-9-25-10-8-20)14(11-18-15)12-3-5-13(6-4-12)19-26(2,22)23/h3-6,11,18-19H,7-10H2,1-2H3. The number of hydrogen-bond donors (Lipinski definition) is 2. The lowest BCUT2D eigenvalue weighted by molar-refractivity contribution is 0.0594. The maximum Gasteiger partial charge on any atom is 0.356 e. The van der Waals surface area contributed by atoms with E-state index in [4.69, 9.17) is 9.47 Å². The molecule has 140 valence electrons. The highest BCUT2D eigenvalue weighted by molar-refractivity contribution is 7.92. The van der Waals surface area contributed by atoms with Gasteiger partial charge in [-0.2, -0.15) is 0 Å². The summed E-state index contributed by atoms with van der Waals surface area (Å²) in [6.45, 7) is 2.51.